The molecule has 5 heteroatoms. The fourth-order valence-corrected chi connectivity index (χ4v) is 3.40. The van der Waals surface area contributed by atoms with Crippen LogP contribution in [0.4, 0.5) is 4.39 Å². The van der Waals surface area contributed by atoms with Crippen molar-refractivity contribution in [2.75, 3.05) is 13.1 Å². The number of aliphatic hydroxyl groups is 1. The summed E-state index contributed by atoms with van der Waals surface area (Å²) in [4.78, 5) is 15.5. The van der Waals surface area contributed by atoms with E-state index in [2.05, 4.69) is 0 Å². The second-order valence-electron chi connectivity index (χ2n) is 4.99. The average Bonchev–Trinajstić information content (AvgIpc) is 2.77. The predicted molar refractivity (Wildman–Crippen MR) is 76.4 cm³/mol. The van der Waals surface area contributed by atoms with Gasteiger partial charge in [-0.2, -0.15) is 0 Å². The quantitative estimate of drug-likeness (QED) is 0.924. The Kier molecular flexibility index (Phi) is 3.31. The van der Waals surface area contributed by atoms with Crippen molar-refractivity contribution in [2.24, 2.45) is 0 Å². The molecule has 2 heterocycles. The van der Waals surface area contributed by atoms with Crippen LogP contribution in [-0.2, 0) is 0 Å². The van der Waals surface area contributed by atoms with Crippen LogP contribution >= 0.6 is 11.3 Å². The van der Waals surface area contributed by atoms with Gasteiger partial charge in [0, 0.05) is 18.0 Å². The number of rotatable bonds is 2. The Morgan fingerprint density at radius 1 is 1.35 bits per heavy atom. The zero-order valence-corrected chi connectivity index (χ0v) is 11.8. The van der Waals surface area contributed by atoms with E-state index in [0.717, 1.165) is 16.0 Å². The topological polar surface area (TPSA) is 40.5 Å². The number of carbonyl (C=O) groups is 1. The summed E-state index contributed by atoms with van der Waals surface area (Å²) in [7, 11) is 0. The van der Waals surface area contributed by atoms with Crippen LogP contribution in [0.3, 0.4) is 0 Å². The van der Waals surface area contributed by atoms with Crippen LogP contribution in [0.15, 0.2) is 30.3 Å². The van der Waals surface area contributed by atoms with E-state index in [1.54, 1.807) is 17.0 Å². The number of nitrogens with zero attached hydrogens (tertiary/aromatic N) is 1. The number of β-amino-alcohol motifs (C(OH)–C–C–N with tert-alkyl or cyclic N) is 1. The maximum Gasteiger partial charge on any atom is 0.264 e. The van der Waals surface area contributed by atoms with Crippen molar-refractivity contribution >= 4 is 17.2 Å². The number of benzene rings is 1. The van der Waals surface area contributed by atoms with Gasteiger partial charge in [0.2, 0.25) is 0 Å². The molecule has 0 spiro atoms. The van der Waals surface area contributed by atoms with Gasteiger partial charge < -0.3 is 10.0 Å². The van der Waals surface area contributed by atoms with Gasteiger partial charge in [-0.15, -0.1) is 11.3 Å². The number of hydrogen-bond acceptors (Lipinski definition) is 3. The predicted octanol–water partition coefficient (Wildman–Crippen LogP) is 2.68. The Morgan fingerprint density at radius 2 is 2.00 bits per heavy atom. The monoisotopic (exact) mass is 291 g/mol. The van der Waals surface area contributed by atoms with Gasteiger partial charge in [0.25, 0.3) is 5.91 Å². The second kappa shape index (κ2) is 5.00. The lowest BCUT2D eigenvalue weighted by Gasteiger charge is -2.35. The van der Waals surface area contributed by atoms with Gasteiger partial charge in [-0.25, -0.2) is 4.39 Å². The minimum Gasteiger partial charge on any atom is -0.389 e. The molecule has 1 aliphatic rings. The molecule has 0 aliphatic carbocycles. The third-order valence-electron chi connectivity index (χ3n) is 3.38. The van der Waals surface area contributed by atoms with E-state index in [9.17, 15) is 14.3 Å². The normalized spacial score (nSPS) is 15.2. The van der Waals surface area contributed by atoms with Crippen molar-refractivity contribution in [3.63, 3.8) is 0 Å². The van der Waals surface area contributed by atoms with Gasteiger partial charge >= 0.3 is 0 Å². The number of amides is 1. The van der Waals surface area contributed by atoms with Gasteiger partial charge in [-0.1, -0.05) is 12.1 Å². The molecule has 1 N–H and O–H groups in total. The number of likely N-dealkylation sites (tertiary alicyclic amines) is 1. The van der Waals surface area contributed by atoms with Gasteiger partial charge in [0.1, 0.15) is 5.82 Å². The molecule has 0 bridgehead atoms. The van der Waals surface area contributed by atoms with E-state index >= 15 is 0 Å². The lowest BCUT2D eigenvalue weighted by atomic mass is 10.1. The van der Waals surface area contributed by atoms with Gasteiger partial charge in [0.05, 0.1) is 11.0 Å². The van der Waals surface area contributed by atoms with Gasteiger partial charge in [-0.3, -0.25) is 4.79 Å². The first-order valence-corrected chi connectivity index (χ1v) is 7.20. The maximum absolute atomic E-state index is 13.0. The molecule has 3 rings (SSSR count). The van der Waals surface area contributed by atoms with Crippen molar-refractivity contribution in [2.45, 2.75) is 13.0 Å². The van der Waals surface area contributed by atoms with E-state index in [-0.39, 0.29) is 11.7 Å². The molecule has 1 amide bonds. The Bertz CT molecular complexity index is 644. The van der Waals surface area contributed by atoms with E-state index in [0.29, 0.717) is 18.0 Å². The SMILES string of the molecule is Cc1cc(C(=O)N2CC(O)C2)sc1-c1ccc(F)cc1. The Labute approximate surface area is 120 Å². The summed E-state index contributed by atoms with van der Waals surface area (Å²) in [6.07, 6.45) is -0.392. The van der Waals surface area contributed by atoms with Crippen molar-refractivity contribution in [3.05, 3.63) is 46.6 Å². The first-order valence-electron chi connectivity index (χ1n) is 6.38. The van der Waals surface area contributed by atoms with Crippen molar-refractivity contribution < 1.29 is 14.3 Å². The summed E-state index contributed by atoms with van der Waals surface area (Å²) < 4.78 is 13.0. The van der Waals surface area contributed by atoms with Crippen LogP contribution in [-0.4, -0.2) is 35.1 Å². The van der Waals surface area contributed by atoms with Crippen LogP contribution in [0, 0.1) is 12.7 Å². The number of thiophene rings is 1. The van der Waals surface area contributed by atoms with Crippen LogP contribution in [0.5, 0.6) is 0 Å². The number of halogens is 1. The zero-order valence-electron chi connectivity index (χ0n) is 11.0. The summed E-state index contributed by atoms with van der Waals surface area (Å²) in [5, 5.41) is 9.25. The standard InChI is InChI=1S/C15H14FNO2S/c1-9-6-13(15(19)17-7-12(18)8-17)20-14(9)10-2-4-11(16)5-3-10/h2-6,12,18H,7-8H2,1H3. The maximum atomic E-state index is 13.0. The molecular formula is C15H14FNO2S. The lowest BCUT2D eigenvalue weighted by molar-refractivity contribution is 0.00622. The zero-order chi connectivity index (χ0) is 14.3. The van der Waals surface area contributed by atoms with Gasteiger partial charge in [-0.05, 0) is 36.2 Å². The number of hydrogen-bond donors (Lipinski definition) is 1. The largest absolute Gasteiger partial charge is 0.389 e. The molecule has 2 aromatic rings. The fraction of sp³-hybridized carbons (Fsp3) is 0.267. The molecule has 3 nitrogen and oxygen atoms in total. The third kappa shape index (κ3) is 2.34. The number of aliphatic hydroxyl groups excluding tert-OH is 1. The van der Waals surface area contributed by atoms with Crippen LogP contribution in [0.1, 0.15) is 15.2 Å². The summed E-state index contributed by atoms with van der Waals surface area (Å²) in [5.74, 6) is -0.314. The van der Waals surface area contributed by atoms with E-state index in [1.807, 2.05) is 13.0 Å². The highest BCUT2D eigenvalue weighted by Crippen LogP contribution is 2.33. The summed E-state index contributed by atoms with van der Waals surface area (Å²) in [5.41, 5.74) is 1.92. The molecule has 1 aromatic carbocycles. The smallest absolute Gasteiger partial charge is 0.264 e. The molecule has 20 heavy (non-hydrogen) atoms. The molecule has 1 saturated heterocycles. The minimum atomic E-state index is -0.392. The highest BCUT2D eigenvalue weighted by molar-refractivity contribution is 7.17. The minimum absolute atomic E-state index is 0.0447. The number of carbonyl (C=O) groups excluding carboxylic acids is 1. The van der Waals surface area contributed by atoms with Crippen molar-refractivity contribution in [1.29, 1.82) is 0 Å². The second-order valence-corrected chi connectivity index (χ2v) is 6.05. The molecule has 1 fully saturated rings. The van der Waals surface area contributed by atoms with Crippen LogP contribution < -0.4 is 0 Å². The lowest BCUT2D eigenvalue weighted by Crippen LogP contribution is -2.53. The van der Waals surface area contributed by atoms with Crippen LogP contribution in [0.2, 0.25) is 0 Å². The van der Waals surface area contributed by atoms with Crippen LogP contribution in [0.25, 0.3) is 10.4 Å². The highest BCUT2D eigenvalue weighted by Gasteiger charge is 2.30. The molecule has 0 radical (unpaired) electrons. The summed E-state index contributed by atoms with van der Waals surface area (Å²) >= 11 is 1.41. The van der Waals surface area contributed by atoms with Gasteiger partial charge in [0.15, 0.2) is 0 Å². The Balaban J connectivity index is 1.87. The van der Waals surface area contributed by atoms with Crippen molar-refractivity contribution in [1.82, 2.24) is 4.90 Å². The van der Waals surface area contributed by atoms with E-state index in [4.69, 9.17) is 0 Å². The first kappa shape index (κ1) is 13.3. The molecule has 1 aliphatic heterocycles. The molecule has 0 unspecified atom stereocenters. The molecule has 0 atom stereocenters. The first-order chi connectivity index (χ1) is 9.54. The Hall–Kier alpha value is -1.72. The van der Waals surface area contributed by atoms with E-state index < -0.39 is 6.10 Å². The summed E-state index contributed by atoms with van der Waals surface area (Å²) in [6, 6.07) is 8.13. The third-order valence-corrected chi connectivity index (χ3v) is 4.66. The summed E-state index contributed by atoms with van der Waals surface area (Å²) in [6.45, 7) is 2.75. The number of aryl methyl sites for hydroxylation is 1. The Morgan fingerprint density at radius 3 is 2.60 bits per heavy atom. The fourth-order valence-electron chi connectivity index (χ4n) is 2.25. The molecule has 104 valence electrons. The molecular weight excluding hydrogens is 277 g/mol. The average molecular weight is 291 g/mol. The molecule has 0 saturated carbocycles. The highest BCUT2D eigenvalue weighted by atomic mass is 32.1. The van der Waals surface area contributed by atoms with E-state index in [1.165, 1.54) is 23.5 Å². The van der Waals surface area contributed by atoms with Crippen molar-refractivity contribution in [3.8, 4) is 10.4 Å². The molecule has 1 aromatic heterocycles.